The van der Waals surface area contributed by atoms with Gasteiger partial charge in [0.15, 0.2) is 4.77 Å². The maximum atomic E-state index is 5.65. The Kier molecular flexibility index (Phi) is 5.20. The molecule has 20 heavy (non-hydrogen) atoms. The molecule has 0 fully saturated rings. The largest absolute Gasteiger partial charge is 0.492 e. The summed E-state index contributed by atoms with van der Waals surface area (Å²) in [5.74, 6) is 0.873. The summed E-state index contributed by atoms with van der Waals surface area (Å²) in [7, 11) is 0. The van der Waals surface area contributed by atoms with Crippen molar-refractivity contribution >= 4 is 23.3 Å². The van der Waals surface area contributed by atoms with Crippen LogP contribution < -0.4 is 4.74 Å². The van der Waals surface area contributed by atoms with Gasteiger partial charge in [0.2, 0.25) is 0 Å². The molecule has 0 aliphatic rings. The number of hydrogen-bond acceptors (Lipinski definition) is 3. The Balaban J connectivity index is 2.32. The van der Waals surface area contributed by atoms with Crippen molar-refractivity contribution in [2.24, 2.45) is 0 Å². The van der Waals surface area contributed by atoms with Crippen LogP contribution in [0.5, 0.6) is 5.75 Å². The zero-order valence-electron chi connectivity index (χ0n) is 12.5. The summed E-state index contributed by atoms with van der Waals surface area (Å²) in [5, 5.41) is 0. The fourth-order valence-electron chi connectivity index (χ4n) is 2.43. The predicted octanol–water partition coefficient (Wildman–Crippen LogP) is 3.44. The lowest BCUT2D eigenvalue weighted by molar-refractivity contribution is 0.291. The van der Waals surface area contributed by atoms with Gasteiger partial charge in [-0.25, -0.2) is 0 Å². The standard InChI is InChI=1S/C15H23N3OS/c1-4-17(5-2)10-11-18-12-8-7-9-13(19-6-3)14(12)16-15(18)20/h7-9H,4-6,10-11H2,1-3H3,(H,16,20). The lowest BCUT2D eigenvalue weighted by Crippen LogP contribution is -2.27. The molecule has 110 valence electrons. The summed E-state index contributed by atoms with van der Waals surface area (Å²) in [5.41, 5.74) is 2.12. The number of imidazole rings is 1. The zero-order chi connectivity index (χ0) is 14.5. The topological polar surface area (TPSA) is 33.2 Å². The minimum Gasteiger partial charge on any atom is -0.492 e. The van der Waals surface area contributed by atoms with Crippen LogP contribution in [0.4, 0.5) is 0 Å². The molecule has 1 heterocycles. The second kappa shape index (κ2) is 6.90. The third-order valence-corrected chi connectivity index (χ3v) is 3.93. The molecule has 1 N–H and O–H groups in total. The smallest absolute Gasteiger partial charge is 0.178 e. The van der Waals surface area contributed by atoms with Crippen molar-refractivity contribution in [2.45, 2.75) is 27.3 Å². The average molecular weight is 293 g/mol. The Morgan fingerprint density at radius 1 is 1.25 bits per heavy atom. The maximum Gasteiger partial charge on any atom is 0.178 e. The first kappa shape index (κ1) is 15.1. The van der Waals surface area contributed by atoms with E-state index >= 15 is 0 Å². The lowest BCUT2D eigenvalue weighted by atomic mass is 10.3. The predicted molar refractivity (Wildman–Crippen MR) is 86.1 cm³/mol. The van der Waals surface area contributed by atoms with Crippen molar-refractivity contribution in [3.05, 3.63) is 23.0 Å². The zero-order valence-corrected chi connectivity index (χ0v) is 13.3. The van der Waals surface area contributed by atoms with Crippen molar-refractivity contribution in [2.75, 3.05) is 26.2 Å². The molecule has 1 aromatic carbocycles. The molecule has 0 amide bonds. The molecular formula is C15H23N3OS. The summed E-state index contributed by atoms with van der Waals surface area (Å²) in [6.45, 7) is 11.1. The van der Waals surface area contributed by atoms with E-state index in [9.17, 15) is 0 Å². The van der Waals surface area contributed by atoms with Crippen LogP contribution in [-0.2, 0) is 6.54 Å². The van der Waals surface area contributed by atoms with Gasteiger partial charge in [-0.05, 0) is 44.4 Å². The van der Waals surface area contributed by atoms with Crippen LogP contribution in [0.2, 0.25) is 0 Å². The second-order valence-electron chi connectivity index (χ2n) is 4.69. The van der Waals surface area contributed by atoms with Gasteiger partial charge in [-0.1, -0.05) is 19.9 Å². The molecule has 0 spiro atoms. The molecule has 5 heteroatoms. The Bertz CT molecular complexity index is 613. The van der Waals surface area contributed by atoms with Crippen LogP contribution in [-0.4, -0.2) is 40.7 Å². The van der Waals surface area contributed by atoms with E-state index in [4.69, 9.17) is 17.0 Å². The van der Waals surface area contributed by atoms with Crippen molar-refractivity contribution in [1.29, 1.82) is 0 Å². The molecule has 0 unspecified atom stereocenters. The number of hydrogen-bond donors (Lipinski definition) is 1. The summed E-state index contributed by atoms with van der Waals surface area (Å²) in [6.07, 6.45) is 0. The molecule has 0 saturated heterocycles. The van der Waals surface area contributed by atoms with E-state index in [1.54, 1.807) is 0 Å². The SMILES string of the molecule is CCOc1cccc2c1[nH]c(=S)n2CCN(CC)CC. The number of rotatable bonds is 7. The van der Waals surface area contributed by atoms with E-state index in [1.165, 1.54) is 0 Å². The number of aromatic amines is 1. The van der Waals surface area contributed by atoms with E-state index in [0.29, 0.717) is 6.61 Å². The molecule has 2 aromatic rings. The lowest BCUT2D eigenvalue weighted by Gasteiger charge is -2.18. The molecule has 0 aliphatic carbocycles. The number of nitrogens with zero attached hydrogens (tertiary/aromatic N) is 2. The van der Waals surface area contributed by atoms with Gasteiger partial charge in [-0.2, -0.15) is 0 Å². The summed E-state index contributed by atoms with van der Waals surface area (Å²) < 4.78 is 8.58. The third kappa shape index (κ3) is 3.04. The van der Waals surface area contributed by atoms with Crippen LogP contribution in [0.3, 0.4) is 0 Å². The van der Waals surface area contributed by atoms with E-state index < -0.39 is 0 Å². The highest BCUT2D eigenvalue weighted by atomic mass is 32.1. The molecule has 1 aromatic heterocycles. The monoisotopic (exact) mass is 293 g/mol. The number of fused-ring (bicyclic) bond motifs is 1. The Morgan fingerprint density at radius 3 is 2.65 bits per heavy atom. The third-order valence-electron chi connectivity index (χ3n) is 3.61. The molecule has 0 radical (unpaired) electrons. The quantitative estimate of drug-likeness (QED) is 0.794. The van der Waals surface area contributed by atoms with Crippen LogP contribution >= 0.6 is 12.2 Å². The van der Waals surface area contributed by atoms with E-state index in [0.717, 1.165) is 47.7 Å². The first-order valence-corrected chi connectivity index (χ1v) is 7.68. The van der Waals surface area contributed by atoms with Crippen LogP contribution in [0.15, 0.2) is 18.2 Å². The summed E-state index contributed by atoms with van der Waals surface area (Å²) >= 11 is 5.45. The molecular weight excluding hydrogens is 270 g/mol. The van der Waals surface area contributed by atoms with E-state index in [-0.39, 0.29) is 0 Å². The molecule has 0 atom stereocenters. The number of nitrogens with one attached hydrogen (secondary N) is 1. The van der Waals surface area contributed by atoms with Gasteiger partial charge in [0.1, 0.15) is 11.3 Å². The number of H-pyrrole nitrogens is 1. The number of likely N-dealkylation sites (N-methyl/N-ethyl adjacent to an activating group) is 1. The minimum atomic E-state index is 0.657. The normalized spacial score (nSPS) is 11.4. The Labute approximate surface area is 125 Å². The number of ether oxygens (including phenoxy) is 1. The van der Waals surface area contributed by atoms with Gasteiger partial charge in [-0.3, -0.25) is 0 Å². The van der Waals surface area contributed by atoms with Crippen molar-refractivity contribution in [3.8, 4) is 5.75 Å². The van der Waals surface area contributed by atoms with Crippen molar-refractivity contribution in [1.82, 2.24) is 14.5 Å². The Hall–Kier alpha value is -1.33. The Morgan fingerprint density at radius 2 is 2.00 bits per heavy atom. The van der Waals surface area contributed by atoms with Gasteiger partial charge in [0, 0.05) is 13.1 Å². The fourth-order valence-corrected chi connectivity index (χ4v) is 2.72. The summed E-state index contributed by atoms with van der Waals surface area (Å²) in [4.78, 5) is 5.67. The first-order valence-electron chi connectivity index (χ1n) is 7.27. The van der Waals surface area contributed by atoms with Gasteiger partial charge in [0.25, 0.3) is 0 Å². The molecule has 0 bridgehead atoms. The second-order valence-corrected chi connectivity index (χ2v) is 5.08. The number of para-hydroxylation sites is 1. The highest BCUT2D eigenvalue weighted by Gasteiger charge is 2.09. The van der Waals surface area contributed by atoms with Gasteiger partial charge in [0.05, 0.1) is 12.1 Å². The van der Waals surface area contributed by atoms with Gasteiger partial charge in [-0.15, -0.1) is 0 Å². The number of benzene rings is 1. The van der Waals surface area contributed by atoms with Crippen LogP contribution in [0.1, 0.15) is 20.8 Å². The van der Waals surface area contributed by atoms with Crippen LogP contribution in [0, 0.1) is 4.77 Å². The molecule has 4 nitrogen and oxygen atoms in total. The van der Waals surface area contributed by atoms with E-state index in [1.807, 2.05) is 19.1 Å². The molecule has 2 rings (SSSR count). The number of aromatic nitrogens is 2. The van der Waals surface area contributed by atoms with Gasteiger partial charge >= 0.3 is 0 Å². The first-order chi connectivity index (χ1) is 9.71. The molecule has 0 aliphatic heterocycles. The minimum absolute atomic E-state index is 0.657. The van der Waals surface area contributed by atoms with Crippen molar-refractivity contribution < 1.29 is 4.74 Å². The molecule has 0 saturated carbocycles. The van der Waals surface area contributed by atoms with E-state index in [2.05, 4.69) is 34.4 Å². The summed E-state index contributed by atoms with van der Waals surface area (Å²) in [6, 6.07) is 6.09. The fraction of sp³-hybridized carbons (Fsp3) is 0.533. The van der Waals surface area contributed by atoms with Crippen LogP contribution in [0.25, 0.3) is 11.0 Å². The highest BCUT2D eigenvalue weighted by Crippen LogP contribution is 2.24. The highest BCUT2D eigenvalue weighted by molar-refractivity contribution is 7.71. The van der Waals surface area contributed by atoms with Crippen molar-refractivity contribution in [3.63, 3.8) is 0 Å². The average Bonchev–Trinajstić information content (AvgIpc) is 2.78. The van der Waals surface area contributed by atoms with Gasteiger partial charge < -0.3 is 19.2 Å². The maximum absolute atomic E-state index is 5.65.